The van der Waals surface area contributed by atoms with Crippen LogP contribution >= 0.6 is 0 Å². The van der Waals surface area contributed by atoms with Gasteiger partial charge in [0.05, 0.1) is 24.9 Å². The average Bonchev–Trinajstić information content (AvgIpc) is 2.38. The molecule has 0 fully saturated rings. The molecule has 0 aromatic carbocycles. The Labute approximate surface area is 122 Å². The molecule has 1 rings (SSSR count). The van der Waals surface area contributed by atoms with Crippen LogP contribution in [0, 0.1) is 5.41 Å². The first-order valence-electron chi connectivity index (χ1n) is 7.27. The Hall–Kier alpha value is -1.13. The fraction of sp³-hybridized carbons (Fsp3) is 0.688. The second-order valence-corrected chi connectivity index (χ2v) is 5.94. The van der Waals surface area contributed by atoms with E-state index in [0.717, 1.165) is 17.9 Å². The monoisotopic (exact) mass is 280 g/mol. The number of nitrogens with one attached hydrogen (secondary N) is 1. The largest absolute Gasteiger partial charge is 0.492 e. The molecule has 1 heterocycles. The summed E-state index contributed by atoms with van der Waals surface area (Å²) in [5, 5.41) is 3.51. The lowest BCUT2D eigenvalue weighted by Gasteiger charge is -2.36. The van der Waals surface area contributed by atoms with Gasteiger partial charge in [-0.2, -0.15) is 0 Å². The molecule has 4 nitrogen and oxygen atoms in total. The molecule has 0 spiro atoms. The number of nitrogens with zero attached hydrogens (tertiary/aromatic N) is 1. The first-order chi connectivity index (χ1) is 9.43. The summed E-state index contributed by atoms with van der Waals surface area (Å²) in [4.78, 5) is 4.28. The van der Waals surface area contributed by atoms with Crippen molar-refractivity contribution in [3.8, 4) is 5.75 Å². The second-order valence-electron chi connectivity index (χ2n) is 5.94. The van der Waals surface area contributed by atoms with Crippen molar-refractivity contribution in [3.05, 3.63) is 24.0 Å². The van der Waals surface area contributed by atoms with Crippen LogP contribution in [0.1, 0.15) is 46.2 Å². The quantitative estimate of drug-likeness (QED) is 0.833. The predicted octanol–water partition coefficient (Wildman–Crippen LogP) is 3.19. The lowest BCUT2D eigenvalue weighted by atomic mass is 9.82. The van der Waals surface area contributed by atoms with Crippen molar-refractivity contribution in [3.63, 3.8) is 0 Å². The van der Waals surface area contributed by atoms with Crippen molar-refractivity contribution >= 4 is 0 Å². The fourth-order valence-electron chi connectivity index (χ4n) is 2.46. The third-order valence-corrected chi connectivity index (χ3v) is 3.24. The summed E-state index contributed by atoms with van der Waals surface area (Å²) >= 11 is 0. The van der Waals surface area contributed by atoms with Gasteiger partial charge in [0.1, 0.15) is 5.75 Å². The minimum Gasteiger partial charge on any atom is -0.492 e. The lowest BCUT2D eigenvalue weighted by Crippen LogP contribution is -2.41. The molecule has 0 radical (unpaired) electrons. The van der Waals surface area contributed by atoms with Gasteiger partial charge in [0.25, 0.3) is 0 Å². The van der Waals surface area contributed by atoms with Crippen molar-refractivity contribution in [1.29, 1.82) is 0 Å². The summed E-state index contributed by atoms with van der Waals surface area (Å²) in [5.41, 5.74) is 1.13. The maximum absolute atomic E-state index is 5.75. The van der Waals surface area contributed by atoms with E-state index < -0.39 is 0 Å². The summed E-state index contributed by atoms with van der Waals surface area (Å²) < 4.78 is 11.3. The molecule has 1 aromatic heterocycles. The van der Waals surface area contributed by atoms with Crippen LogP contribution in [0.2, 0.25) is 0 Å². The molecule has 0 bridgehead atoms. The van der Waals surface area contributed by atoms with Crippen LogP contribution in [0.4, 0.5) is 0 Å². The smallest absolute Gasteiger partial charge is 0.137 e. The average molecular weight is 280 g/mol. The minimum atomic E-state index is 0.0310. The number of hydrogen-bond donors (Lipinski definition) is 1. The molecule has 2 unspecified atom stereocenters. The zero-order valence-electron chi connectivity index (χ0n) is 13.6. The molecule has 114 valence electrons. The molecule has 20 heavy (non-hydrogen) atoms. The van der Waals surface area contributed by atoms with Crippen LogP contribution in [0.5, 0.6) is 5.75 Å². The Bertz CT molecular complexity index is 402. The summed E-state index contributed by atoms with van der Waals surface area (Å²) in [6, 6.07) is 2.14. The van der Waals surface area contributed by atoms with Crippen molar-refractivity contribution in [2.75, 3.05) is 20.3 Å². The Kier molecular flexibility index (Phi) is 6.43. The highest BCUT2D eigenvalue weighted by Crippen LogP contribution is 2.33. The van der Waals surface area contributed by atoms with Crippen LogP contribution in [-0.4, -0.2) is 31.3 Å². The van der Waals surface area contributed by atoms with E-state index in [1.807, 2.05) is 19.2 Å². The number of ether oxygens (including phenoxy) is 2. The van der Waals surface area contributed by atoms with E-state index in [2.05, 4.69) is 38.0 Å². The van der Waals surface area contributed by atoms with E-state index in [9.17, 15) is 0 Å². The number of likely N-dealkylation sites (N-methyl/N-ethyl adjacent to an activating group) is 1. The highest BCUT2D eigenvalue weighted by molar-refractivity contribution is 5.27. The summed E-state index contributed by atoms with van der Waals surface area (Å²) in [6.45, 7) is 12.1. The van der Waals surface area contributed by atoms with Crippen LogP contribution < -0.4 is 10.1 Å². The topological polar surface area (TPSA) is 43.4 Å². The Morgan fingerprint density at radius 3 is 2.45 bits per heavy atom. The van der Waals surface area contributed by atoms with Gasteiger partial charge >= 0.3 is 0 Å². The van der Waals surface area contributed by atoms with E-state index >= 15 is 0 Å². The first-order valence-corrected chi connectivity index (χ1v) is 7.27. The van der Waals surface area contributed by atoms with Gasteiger partial charge in [-0.25, -0.2) is 0 Å². The third-order valence-electron chi connectivity index (χ3n) is 3.24. The summed E-state index contributed by atoms with van der Waals surface area (Å²) in [7, 11) is 1.76. The van der Waals surface area contributed by atoms with Crippen LogP contribution in [-0.2, 0) is 4.74 Å². The zero-order chi connectivity index (χ0) is 15.2. The number of aromatic nitrogens is 1. The Balaban J connectivity index is 3.08. The van der Waals surface area contributed by atoms with E-state index in [-0.39, 0.29) is 17.6 Å². The van der Waals surface area contributed by atoms with Crippen LogP contribution in [0.3, 0.4) is 0 Å². The molecule has 0 amide bonds. The summed E-state index contributed by atoms with van der Waals surface area (Å²) in [6.07, 6.45) is 3.68. The third kappa shape index (κ3) is 4.46. The molecule has 0 saturated carbocycles. The second kappa shape index (κ2) is 7.60. The van der Waals surface area contributed by atoms with Gasteiger partial charge < -0.3 is 14.8 Å². The highest BCUT2D eigenvalue weighted by atomic mass is 16.5. The zero-order valence-corrected chi connectivity index (χ0v) is 13.6. The predicted molar refractivity (Wildman–Crippen MR) is 82.1 cm³/mol. The minimum absolute atomic E-state index is 0.0310. The van der Waals surface area contributed by atoms with Gasteiger partial charge in [-0.1, -0.05) is 27.7 Å². The molecule has 0 aliphatic rings. The van der Waals surface area contributed by atoms with Gasteiger partial charge in [-0.3, -0.25) is 4.98 Å². The molecule has 0 aliphatic heterocycles. The highest BCUT2D eigenvalue weighted by Gasteiger charge is 2.33. The van der Waals surface area contributed by atoms with Gasteiger partial charge in [0.15, 0.2) is 0 Å². The molecule has 4 heteroatoms. The fourth-order valence-corrected chi connectivity index (χ4v) is 2.46. The van der Waals surface area contributed by atoms with E-state index in [1.54, 1.807) is 13.3 Å². The van der Waals surface area contributed by atoms with Crippen LogP contribution in [0.15, 0.2) is 18.5 Å². The normalized spacial score (nSPS) is 14.9. The first kappa shape index (κ1) is 16.9. The van der Waals surface area contributed by atoms with Gasteiger partial charge in [-0.05, 0) is 30.5 Å². The summed E-state index contributed by atoms with van der Waals surface area (Å²) in [5.74, 6) is 0.802. The van der Waals surface area contributed by atoms with Crippen LogP contribution in [0.25, 0.3) is 0 Å². The number of pyridine rings is 1. The van der Waals surface area contributed by atoms with Crippen molar-refractivity contribution in [2.45, 2.75) is 46.8 Å². The Morgan fingerprint density at radius 2 is 1.95 bits per heavy atom. The van der Waals surface area contributed by atoms with Gasteiger partial charge in [-0.15, -0.1) is 0 Å². The molecule has 0 saturated heterocycles. The molecule has 0 aliphatic carbocycles. The van der Waals surface area contributed by atoms with Crippen molar-refractivity contribution in [2.24, 2.45) is 5.41 Å². The van der Waals surface area contributed by atoms with Crippen molar-refractivity contribution < 1.29 is 9.47 Å². The molecule has 1 aromatic rings. The maximum Gasteiger partial charge on any atom is 0.137 e. The Morgan fingerprint density at radius 1 is 1.25 bits per heavy atom. The van der Waals surface area contributed by atoms with E-state index in [4.69, 9.17) is 9.47 Å². The lowest BCUT2D eigenvalue weighted by molar-refractivity contribution is -0.0117. The van der Waals surface area contributed by atoms with E-state index in [0.29, 0.717) is 6.61 Å². The van der Waals surface area contributed by atoms with Crippen molar-refractivity contribution in [1.82, 2.24) is 10.3 Å². The number of hydrogen-bond acceptors (Lipinski definition) is 4. The van der Waals surface area contributed by atoms with Gasteiger partial charge in [0, 0.05) is 13.3 Å². The van der Waals surface area contributed by atoms with Gasteiger partial charge in [0.2, 0.25) is 0 Å². The van der Waals surface area contributed by atoms with E-state index in [1.165, 1.54) is 0 Å². The molecular weight excluding hydrogens is 252 g/mol. The SMILES string of the molecule is CCNC(c1cncc(OCC)c1)C(OC)C(C)(C)C. The number of rotatable bonds is 7. The molecular formula is C16H28N2O2. The maximum atomic E-state index is 5.75. The molecule has 2 atom stereocenters. The standard InChI is InChI=1S/C16H28N2O2/c1-7-18-14(15(19-6)16(3,4)5)12-9-13(20-8-2)11-17-10-12/h9-11,14-15,18H,7-8H2,1-6H3. The number of methoxy groups -OCH3 is 1. The molecule has 1 N–H and O–H groups in total.